The summed E-state index contributed by atoms with van der Waals surface area (Å²) in [5.74, 6) is 0. The quantitative estimate of drug-likeness (QED) is 0.342. The summed E-state index contributed by atoms with van der Waals surface area (Å²) < 4.78 is 0. The molecule has 4 atom stereocenters. The molecule has 1 N–H and O–H groups in total. The molecule has 0 spiro atoms. The second-order valence-electron chi connectivity index (χ2n) is 5.41. The number of unbranched alkanes of at least 4 members (excludes halogenated alkanes) is 3. The van der Waals surface area contributed by atoms with Gasteiger partial charge in [-0.3, -0.25) is 0 Å². The van der Waals surface area contributed by atoms with E-state index in [4.69, 9.17) is 9.78 Å². The molecule has 2 rings (SSSR count). The largest absolute Gasteiger partial charge is 0.387 e. The SMILES string of the molecule is CCCCCCC1(O[O])C=CC2(C)OOC1C2O. The van der Waals surface area contributed by atoms with Gasteiger partial charge in [-0.15, -0.1) is 0 Å². The third kappa shape index (κ3) is 2.21. The Kier molecular flexibility index (Phi) is 4.08. The van der Waals surface area contributed by atoms with Crippen LogP contribution in [-0.2, 0) is 19.9 Å². The van der Waals surface area contributed by atoms with E-state index < -0.39 is 23.4 Å². The highest BCUT2D eigenvalue weighted by atomic mass is 17.2. The summed E-state index contributed by atoms with van der Waals surface area (Å²) in [4.78, 5) is 14.6. The molecule has 1 saturated heterocycles. The molecule has 5 heteroatoms. The Balaban J connectivity index is 2.06. The zero-order valence-corrected chi connectivity index (χ0v) is 10.9. The third-order valence-corrected chi connectivity index (χ3v) is 3.96. The molecular formula is C13H21O5. The molecule has 0 amide bonds. The molecule has 2 aliphatic rings. The molecule has 0 aromatic carbocycles. The topological polar surface area (TPSA) is 67.8 Å². The molecule has 1 fully saturated rings. The van der Waals surface area contributed by atoms with E-state index >= 15 is 0 Å². The van der Waals surface area contributed by atoms with E-state index in [1.807, 2.05) is 0 Å². The molecule has 18 heavy (non-hydrogen) atoms. The number of fused-ring (bicyclic) bond motifs is 2. The molecule has 1 aliphatic heterocycles. The van der Waals surface area contributed by atoms with Crippen molar-refractivity contribution < 1.29 is 25.0 Å². The van der Waals surface area contributed by atoms with Crippen LogP contribution in [0.4, 0.5) is 0 Å². The number of rotatable bonds is 6. The van der Waals surface area contributed by atoms with Crippen LogP contribution in [0, 0.1) is 0 Å². The van der Waals surface area contributed by atoms with Crippen LogP contribution in [0.5, 0.6) is 0 Å². The monoisotopic (exact) mass is 257 g/mol. The van der Waals surface area contributed by atoms with Gasteiger partial charge in [0, 0.05) is 0 Å². The van der Waals surface area contributed by atoms with Crippen molar-refractivity contribution in [3.63, 3.8) is 0 Å². The first kappa shape index (κ1) is 14.0. The van der Waals surface area contributed by atoms with Crippen LogP contribution < -0.4 is 0 Å². The van der Waals surface area contributed by atoms with Crippen LogP contribution in [0.2, 0.25) is 0 Å². The van der Waals surface area contributed by atoms with Gasteiger partial charge in [-0.2, -0.15) is 4.89 Å². The molecule has 1 radical (unpaired) electrons. The lowest BCUT2D eigenvalue weighted by Crippen LogP contribution is -2.54. The Morgan fingerprint density at radius 2 is 2.11 bits per heavy atom. The molecule has 5 nitrogen and oxygen atoms in total. The minimum atomic E-state index is -1.11. The fourth-order valence-corrected chi connectivity index (χ4v) is 2.60. The van der Waals surface area contributed by atoms with Crippen LogP contribution in [0.25, 0.3) is 0 Å². The van der Waals surface area contributed by atoms with Crippen molar-refractivity contribution in [3.8, 4) is 0 Å². The summed E-state index contributed by atoms with van der Waals surface area (Å²) in [7, 11) is 0. The Bertz CT molecular complexity index is 319. The van der Waals surface area contributed by atoms with E-state index in [1.54, 1.807) is 19.1 Å². The van der Waals surface area contributed by atoms with Crippen LogP contribution in [0.1, 0.15) is 46.0 Å². The van der Waals surface area contributed by atoms with Crippen molar-refractivity contribution in [2.45, 2.75) is 69.4 Å². The summed E-state index contributed by atoms with van der Waals surface area (Å²) in [5.41, 5.74) is -1.97. The Labute approximate surface area is 107 Å². The van der Waals surface area contributed by atoms with Crippen molar-refractivity contribution in [1.29, 1.82) is 0 Å². The Hall–Kier alpha value is -0.460. The van der Waals surface area contributed by atoms with Crippen LogP contribution in [-0.4, -0.2) is 28.5 Å². The highest BCUT2D eigenvalue weighted by Gasteiger charge is 2.59. The van der Waals surface area contributed by atoms with Crippen molar-refractivity contribution in [3.05, 3.63) is 12.2 Å². The van der Waals surface area contributed by atoms with Crippen LogP contribution >= 0.6 is 0 Å². The normalized spacial score (nSPS) is 42.4. The standard InChI is InChI=1S/C13H21O5/c1-3-4-5-6-7-13(17-15)9-8-12(2)10(14)11(13)16-18-12/h8-11,14H,3-7H2,1-2H3. The third-order valence-electron chi connectivity index (χ3n) is 3.96. The molecule has 4 unspecified atom stereocenters. The first-order valence-corrected chi connectivity index (χ1v) is 6.62. The summed E-state index contributed by atoms with van der Waals surface area (Å²) in [6.45, 7) is 3.85. The first-order valence-electron chi connectivity index (χ1n) is 6.62. The maximum Gasteiger partial charge on any atom is 0.158 e. The van der Waals surface area contributed by atoms with Crippen LogP contribution in [0.15, 0.2) is 12.2 Å². The maximum atomic E-state index is 11.1. The van der Waals surface area contributed by atoms with E-state index in [9.17, 15) is 10.4 Å². The average Bonchev–Trinajstić information content (AvgIpc) is 2.59. The summed E-state index contributed by atoms with van der Waals surface area (Å²) in [6.07, 6.45) is 6.43. The lowest BCUT2D eigenvalue weighted by Gasteiger charge is -2.36. The summed E-state index contributed by atoms with van der Waals surface area (Å²) >= 11 is 0. The summed E-state index contributed by atoms with van der Waals surface area (Å²) in [5, 5.41) is 21.2. The van der Waals surface area contributed by atoms with Gasteiger partial charge < -0.3 is 5.11 Å². The summed E-state index contributed by atoms with van der Waals surface area (Å²) in [6, 6.07) is 0. The molecule has 103 valence electrons. The van der Waals surface area contributed by atoms with Gasteiger partial charge in [0.1, 0.15) is 11.7 Å². The Morgan fingerprint density at radius 3 is 2.78 bits per heavy atom. The lowest BCUT2D eigenvalue weighted by atomic mass is 9.76. The minimum Gasteiger partial charge on any atom is -0.387 e. The Morgan fingerprint density at radius 1 is 1.33 bits per heavy atom. The van der Waals surface area contributed by atoms with E-state index in [2.05, 4.69) is 11.8 Å². The van der Waals surface area contributed by atoms with Gasteiger partial charge >= 0.3 is 0 Å². The highest BCUT2D eigenvalue weighted by Crippen LogP contribution is 2.44. The van der Waals surface area contributed by atoms with E-state index in [-0.39, 0.29) is 0 Å². The fourth-order valence-electron chi connectivity index (χ4n) is 2.60. The molecular weight excluding hydrogens is 236 g/mol. The molecule has 0 aromatic heterocycles. The smallest absolute Gasteiger partial charge is 0.158 e. The van der Waals surface area contributed by atoms with E-state index in [1.165, 1.54) is 0 Å². The van der Waals surface area contributed by atoms with Gasteiger partial charge in [-0.05, 0) is 30.8 Å². The van der Waals surface area contributed by atoms with Gasteiger partial charge in [0.2, 0.25) is 0 Å². The predicted octanol–water partition coefficient (Wildman–Crippen LogP) is 2.08. The lowest BCUT2D eigenvalue weighted by molar-refractivity contribution is -0.405. The van der Waals surface area contributed by atoms with Crippen molar-refractivity contribution in [1.82, 2.24) is 0 Å². The highest BCUT2D eigenvalue weighted by molar-refractivity contribution is 5.24. The number of aliphatic hydroxyl groups is 1. The van der Waals surface area contributed by atoms with E-state index in [0.29, 0.717) is 6.42 Å². The number of hydrogen-bond donors (Lipinski definition) is 1. The molecule has 0 saturated carbocycles. The molecule has 2 bridgehead atoms. The van der Waals surface area contributed by atoms with Gasteiger partial charge in [-0.25, -0.2) is 9.78 Å². The van der Waals surface area contributed by atoms with Gasteiger partial charge in [0.15, 0.2) is 11.7 Å². The maximum absolute atomic E-state index is 11.1. The molecule has 1 heterocycles. The van der Waals surface area contributed by atoms with Gasteiger partial charge in [0.05, 0.1) is 0 Å². The number of hydrogen-bond acceptors (Lipinski definition) is 4. The predicted molar refractivity (Wildman–Crippen MR) is 62.8 cm³/mol. The average molecular weight is 257 g/mol. The van der Waals surface area contributed by atoms with Crippen molar-refractivity contribution in [2.75, 3.05) is 0 Å². The van der Waals surface area contributed by atoms with Crippen molar-refractivity contribution in [2.24, 2.45) is 0 Å². The minimum absolute atomic E-state index is 0.536. The second kappa shape index (κ2) is 5.27. The second-order valence-corrected chi connectivity index (χ2v) is 5.41. The first-order chi connectivity index (χ1) is 8.58. The zero-order chi connectivity index (χ0) is 13.2. The molecule has 1 aliphatic carbocycles. The van der Waals surface area contributed by atoms with E-state index in [0.717, 1.165) is 25.7 Å². The van der Waals surface area contributed by atoms with Gasteiger partial charge in [-0.1, -0.05) is 32.6 Å². The number of aliphatic hydroxyl groups excluding tert-OH is 1. The van der Waals surface area contributed by atoms with Gasteiger partial charge in [0.25, 0.3) is 0 Å². The molecule has 0 aromatic rings. The van der Waals surface area contributed by atoms with Crippen LogP contribution in [0.3, 0.4) is 0 Å². The van der Waals surface area contributed by atoms with Crippen molar-refractivity contribution >= 4 is 0 Å². The zero-order valence-electron chi connectivity index (χ0n) is 10.9. The fraction of sp³-hybridized carbons (Fsp3) is 0.846.